The van der Waals surface area contributed by atoms with Crippen LogP contribution in [0.5, 0.6) is 0 Å². The van der Waals surface area contributed by atoms with Crippen LogP contribution in [0.2, 0.25) is 0 Å². The molecule has 0 aliphatic carbocycles. The number of ether oxygens (including phenoxy) is 6. The third-order valence-corrected chi connectivity index (χ3v) is 5.05. The van der Waals surface area contributed by atoms with Gasteiger partial charge in [-0.1, -0.05) is 18.2 Å². The Labute approximate surface area is 218 Å². The smallest absolute Gasteiger partial charge is 0.373 e. The molecular weight excluding hydrogens is 506 g/mol. The summed E-state index contributed by atoms with van der Waals surface area (Å²) in [5, 5.41) is 2.65. The van der Waals surface area contributed by atoms with Gasteiger partial charge in [-0.25, -0.2) is 4.79 Å². The van der Waals surface area contributed by atoms with Crippen LogP contribution in [0.15, 0.2) is 42.2 Å². The lowest BCUT2D eigenvalue weighted by atomic mass is 9.93. The lowest BCUT2D eigenvalue weighted by Crippen LogP contribution is -2.60. The molecule has 1 amide bonds. The Morgan fingerprint density at radius 2 is 1.53 bits per heavy atom. The third kappa shape index (κ3) is 8.61. The maximum atomic E-state index is 13.0. The van der Waals surface area contributed by atoms with Crippen molar-refractivity contribution in [1.29, 1.82) is 0 Å². The van der Waals surface area contributed by atoms with Crippen molar-refractivity contribution in [2.24, 2.45) is 0 Å². The first-order chi connectivity index (χ1) is 17.9. The summed E-state index contributed by atoms with van der Waals surface area (Å²) < 4.78 is 31.5. The first-order valence-corrected chi connectivity index (χ1v) is 11.4. The maximum Gasteiger partial charge on any atom is 0.373 e. The summed E-state index contributed by atoms with van der Waals surface area (Å²) >= 11 is 0. The van der Waals surface area contributed by atoms with E-state index in [1.165, 1.54) is 18.2 Å². The fourth-order valence-corrected chi connectivity index (χ4v) is 3.62. The number of methoxy groups -OCH3 is 1. The summed E-state index contributed by atoms with van der Waals surface area (Å²) in [6, 6.07) is 6.85. The van der Waals surface area contributed by atoms with Crippen LogP contribution in [0, 0.1) is 0 Å². The highest BCUT2D eigenvalue weighted by Crippen LogP contribution is 2.29. The molecule has 1 aliphatic heterocycles. The summed E-state index contributed by atoms with van der Waals surface area (Å²) in [5.41, 5.74) is 0.259. The lowest BCUT2D eigenvalue weighted by Gasteiger charge is -2.41. The average Bonchev–Trinajstić information content (AvgIpc) is 2.85. The number of nitrogens with one attached hydrogen (secondary N) is 1. The summed E-state index contributed by atoms with van der Waals surface area (Å²) in [6.07, 6.45) is -4.80. The normalized spacial score (nSPS) is 19.8. The number of benzene rings is 1. The standard InChI is InChI=1S/C25H29NO12/c1-13(27)34-12-20(35-14(2)28)22(37-16(4)30)23-21(36-15(3)29)18(11-19(38-23)25(32)33-5)26-24(31)17-9-7-6-8-10-17/h6-11,18,20-23H,12H2,1-5H3,(H,26,31)/t18-,20+,21+,22+,23+/m0/s1. The van der Waals surface area contributed by atoms with Crippen molar-refractivity contribution in [3.05, 3.63) is 47.7 Å². The van der Waals surface area contributed by atoms with E-state index in [1.54, 1.807) is 18.2 Å². The maximum absolute atomic E-state index is 13.0. The van der Waals surface area contributed by atoms with Gasteiger partial charge in [-0.05, 0) is 18.2 Å². The summed E-state index contributed by atoms with van der Waals surface area (Å²) in [6.45, 7) is 3.75. The van der Waals surface area contributed by atoms with Gasteiger partial charge in [0.15, 0.2) is 24.4 Å². The van der Waals surface area contributed by atoms with Gasteiger partial charge in [0.05, 0.1) is 13.2 Å². The van der Waals surface area contributed by atoms with E-state index in [0.29, 0.717) is 0 Å². The Hall–Kier alpha value is -4.42. The van der Waals surface area contributed by atoms with Gasteiger partial charge < -0.3 is 33.7 Å². The molecule has 0 saturated carbocycles. The molecule has 13 nitrogen and oxygen atoms in total. The first-order valence-electron chi connectivity index (χ1n) is 11.4. The van der Waals surface area contributed by atoms with Gasteiger partial charge in [0.2, 0.25) is 5.76 Å². The van der Waals surface area contributed by atoms with E-state index in [-0.39, 0.29) is 5.56 Å². The van der Waals surface area contributed by atoms with E-state index in [2.05, 4.69) is 5.32 Å². The van der Waals surface area contributed by atoms with Crippen molar-refractivity contribution in [2.45, 2.75) is 58.2 Å². The summed E-state index contributed by atoms with van der Waals surface area (Å²) in [7, 11) is 1.09. The van der Waals surface area contributed by atoms with E-state index in [4.69, 9.17) is 28.4 Å². The Morgan fingerprint density at radius 1 is 0.895 bits per heavy atom. The molecule has 0 bridgehead atoms. The predicted octanol–water partition coefficient (Wildman–Crippen LogP) is 0.599. The molecule has 0 spiro atoms. The highest BCUT2D eigenvalue weighted by molar-refractivity contribution is 5.95. The number of hydrogen-bond acceptors (Lipinski definition) is 12. The Balaban J connectivity index is 2.60. The molecule has 5 atom stereocenters. The van der Waals surface area contributed by atoms with Gasteiger partial charge in [-0.3, -0.25) is 24.0 Å². The Morgan fingerprint density at radius 3 is 2.05 bits per heavy atom. The van der Waals surface area contributed by atoms with Crippen molar-refractivity contribution >= 4 is 35.8 Å². The van der Waals surface area contributed by atoms with E-state index in [0.717, 1.165) is 34.8 Å². The van der Waals surface area contributed by atoms with Gasteiger partial charge in [-0.15, -0.1) is 0 Å². The van der Waals surface area contributed by atoms with Crippen LogP contribution >= 0.6 is 0 Å². The molecule has 1 aliphatic rings. The number of esters is 5. The predicted molar refractivity (Wildman–Crippen MR) is 126 cm³/mol. The van der Waals surface area contributed by atoms with Crippen molar-refractivity contribution < 1.29 is 57.2 Å². The average molecular weight is 536 g/mol. The molecule has 0 aromatic heterocycles. The molecule has 1 aromatic rings. The SMILES string of the molecule is COC(=O)C1=C[C@H](NC(=O)c2ccccc2)[C@@H](OC(C)=O)[C@H]([C@H](OC(C)=O)[C@@H](COC(C)=O)OC(C)=O)O1. The number of amides is 1. The molecule has 1 heterocycles. The van der Waals surface area contributed by atoms with Gasteiger partial charge in [0, 0.05) is 33.3 Å². The van der Waals surface area contributed by atoms with Crippen molar-refractivity contribution in [2.75, 3.05) is 13.7 Å². The number of rotatable bonds is 10. The van der Waals surface area contributed by atoms with E-state index < -0.39 is 78.6 Å². The van der Waals surface area contributed by atoms with E-state index in [9.17, 15) is 28.8 Å². The minimum atomic E-state index is -1.58. The molecule has 2 rings (SSSR count). The minimum Gasteiger partial charge on any atom is -0.475 e. The lowest BCUT2D eigenvalue weighted by molar-refractivity contribution is -0.200. The van der Waals surface area contributed by atoms with Crippen molar-refractivity contribution in [3.63, 3.8) is 0 Å². The van der Waals surface area contributed by atoms with Gasteiger partial charge in [0.25, 0.3) is 5.91 Å². The summed E-state index contributed by atoms with van der Waals surface area (Å²) in [5.74, 6) is -5.17. The fraction of sp³-hybridized carbons (Fsp3) is 0.440. The molecule has 0 fully saturated rings. The van der Waals surface area contributed by atoms with Gasteiger partial charge in [0.1, 0.15) is 6.61 Å². The molecule has 206 valence electrons. The highest BCUT2D eigenvalue weighted by Gasteiger charge is 2.49. The first kappa shape index (κ1) is 29.8. The van der Waals surface area contributed by atoms with Crippen molar-refractivity contribution in [3.8, 4) is 0 Å². The van der Waals surface area contributed by atoms with Gasteiger partial charge in [-0.2, -0.15) is 0 Å². The molecular formula is C25H29NO12. The molecule has 1 aromatic carbocycles. The second-order valence-electron chi connectivity index (χ2n) is 8.07. The zero-order valence-corrected chi connectivity index (χ0v) is 21.5. The monoisotopic (exact) mass is 535 g/mol. The fourth-order valence-electron chi connectivity index (χ4n) is 3.62. The van der Waals surface area contributed by atoms with Crippen molar-refractivity contribution in [1.82, 2.24) is 5.32 Å². The largest absolute Gasteiger partial charge is 0.475 e. The molecule has 1 N–H and O–H groups in total. The number of carbonyl (C=O) groups excluding carboxylic acids is 6. The minimum absolute atomic E-state index is 0.259. The van der Waals surface area contributed by atoms with Gasteiger partial charge >= 0.3 is 29.8 Å². The number of carbonyl (C=O) groups is 6. The summed E-state index contributed by atoms with van der Waals surface area (Å²) in [4.78, 5) is 72.8. The highest BCUT2D eigenvalue weighted by atomic mass is 16.6. The van der Waals surface area contributed by atoms with Crippen LogP contribution in [0.1, 0.15) is 38.1 Å². The third-order valence-electron chi connectivity index (χ3n) is 5.05. The Kier molecular flexibility index (Phi) is 10.8. The molecule has 0 radical (unpaired) electrons. The van der Waals surface area contributed by atoms with E-state index >= 15 is 0 Å². The molecule has 13 heteroatoms. The quantitative estimate of drug-likeness (QED) is 0.327. The van der Waals surface area contributed by atoms with Crippen LogP contribution in [0.3, 0.4) is 0 Å². The Bertz CT molecular complexity index is 1080. The zero-order valence-electron chi connectivity index (χ0n) is 21.5. The van der Waals surface area contributed by atoms with E-state index in [1.807, 2.05) is 0 Å². The second-order valence-corrected chi connectivity index (χ2v) is 8.07. The van der Waals surface area contributed by atoms with Crippen LogP contribution in [-0.4, -0.2) is 79.9 Å². The topological polar surface area (TPSA) is 170 Å². The van der Waals surface area contributed by atoms with Crippen LogP contribution in [-0.2, 0) is 52.4 Å². The zero-order chi connectivity index (χ0) is 28.4. The van der Waals surface area contributed by atoms with Crippen LogP contribution < -0.4 is 5.32 Å². The molecule has 0 saturated heterocycles. The second kappa shape index (κ2) is 13.8. The van der Waals surface area contributed by atoms with Crippen LogP contribution in [0.4, 0.5) is 0 Å². The van der Waals surface area contributed by atoms with Crippen LogP contribution in [0.25, 0.3) is 0 Å². The number of hydrogen-bond donors (Lipinski definition) is 1. The molecule has 0 unspecified atom stereocenters. The molecule has 38 heavy (non-hydrogen) atoms.